The molecule has 0 unspecified atom stereocenters. The molecule has 18 heavy (non-hydrogen) atoms. The van der Waals surface area contributed by atoms with E-state index in [1.54, 1.807) is 18.2 Å². The fourth-order valence-electron chi connectivity index (χ4n) is 1.58. The first-order valence-electron chi connectivity index (χ1n) is 4.93. The molecule has 0 aliphatic carbocycles. The van der Waals surface area contributed by atoms with Crippen LogP contribution in [0.5, 0.6) is 0 Å². The molecule has 2 rings (SSSR count). The van der Waals surface area contributed by atoms with Gasteiger partial charge in [0.1, 0.15) is 0 Å². The normalized spacial score (nSPS) is 10.7. The van der Waals surface area contributed by atoms with Gasteiger partial charge in [-0.2, -0.15) is 0 Å². The van der Waals surface area contributed by atoms with Crippen LogP contribution in [0.3, 0.4) is 0 Å². The Kier molecular flexibility index (Phi) is 4.36. The highest BCUT2D eigenvalue weighted by atomic mass is 35.5. The standard InChI is InChI=1S/C12H7Cl4NO/c13-6-3-7(10(5-18)17-4-6)11-8(14)1-2-9(15)12(11)16/h1-4,18H,5H2. The average molecular weight is 323 g/mol. The van der Waals surface area contributed by atoms with Gasteiger partial charge < -0.3 is 5.11 Å². The minimum absolute atomic E-state index is 0.244. The first-order chi connectivity index (χ1) is 8.54. The van der Waals surface area contributed by atoms with Gasteiger partial charge in [-0.15, -0.1) is 0 Å². The summed E-state index contributed by atoms with van der Waals surface area (Å²) in [5, 5.41) is 10.8. The van der Waals surface area contributed by atoms with E-state index in [-0.39, 0.29) is 6.61 Å². The van der Waals surface area contributed by atoms with Crippen molar-refractivity contribution in [2.24, 2.45) is 0 Å². The van der Waals surface area contributed by atoms with Crippen LogP contribution < -0.4 is 0 Å². The summed E-state index contributed by atoms with van der Waals surface area (Å²) in [6, 6.07) is 4.88. The summed E-state index contributed by atoms with van der Waals surface area (Å²) in [6.07, 6.45) is 1.45. The van der Waals surface area contributed by atoms with E-state index in [1.165, 1.54) is 6.20 Å². The highest BCUT2D eigenvalue weighted by molar-refractivity contribution is 6.46. The van der Waals surface area contributed by atoms with Crippen LogP contribution in [0.15, 0.2) is 24.4 Å². The Labute approximate surface area is 124 Å². The van der Waals surface area contributed by atoms with E-state index in [2.05, 4.69) is 4.98 Å². The van der Waals surface area contributed by atoms with Gasteiger partial charge in [0.15, 0.2) is 0 Å². The van der Waals surface area contributed by atoms with Gasteiger partial charge in [0.2, 0.25) is 0 Å². The molecule has 0 aliphatic heterocycles. The van der Waals surface area contributed by atoms with Crippen molar-refractivity contribution < 1.29 is 5.11 Å². The highest BCUT2D eigenvalue weighted by Gasteiger charge is 2.16. The number of aromatic nitrogens is 1. The molecule has 0 amide bonds. The number of hydrogen-bond donors (Lipinski definition) is 1. The highest BCUT2D eigenvalue weighted by Crippen LogP contribution is 2.40. The number of benzene rings is 1. The van der Waals surface area contributed by atoms with Crippen LogP contribution in [-0.4, -0.2) is 10.1 Å². The minimum atomic E-state index is -0.244. The van der Waals surface area contributed by atoms with Gasteiger partial charge in [-0.25, -0.2) is 0 Å². The van der Waals surface area contributed by atoms with Crippen LogP contribution >= 0.6 is 46.4 Å². The molecule has 0 spiro atoms. The van der Waals surface area contributed by atoms with E-state index in [4.69, 9.17) is 46.4 Å². The van der Waals surface area contributed by atoms with Crippen LogP contribution in [0.25, 0.3) is 11.1 Å². The van der Waals surface area contributed by atoms with E-state index >= 15 is 0 Å². The van der Waals surface area contributed by atoms with Crippen LogP contribution in [0.1, 0.15) is 5.69 Å². The van der Waals surface area contributed by atoms with Gasteiger partial charge in [0.05, 0.1) is 32.4 Å². The van der Waals surface area contributed by atoms with Crippen LogP contribution in [0, 0.1) is 0 Å². The number of rotatable bonds is 2. The Bertz CT molecular complexity index is 601. The molecule has 94 valence electrons. The van der Waals surface area contributed by atoms with E-state index < -0.39 is 0 Å². The summed E-state index contributed by atoms with van der Waals surface area (Å²) in [4.78, 5) is 4.04. The maximum absolute atomic E-state index is 9.30. The van der Waals surface area contributed by atoms with Crippen molar-refractivity contribution in [2.75, 3.05) is 0 Å². The summed E-state index contributed by atoms with van der Waals surface area (Å²) in [5.41, 5.74) is 1.53. The molecule has 0 bridgehead atoms. The summed E-state index contributed by atoms with van der Waals surface area (Å²) in [5.74, 6) is 0. The lowest BCUT2D eigenvalue weighted by molar-refractivity contribution is 0.277. The van der Waals surface area contributed by atoms with Gasteiger partial charge in [-0.05, 0) is 18.2 Å². The van der Waals surface area contributed by atoms with Gasteiger partial charge >= 0.3 is 0 Å². The van der Waals surface area contributed by atoms with Crippen molar-refractivity contribution in [3.8, 4) is 11.1 Å². The number of aliphatic hydroxyl groups is 1. The molecule has 0 saturated carbocycles. The molecule has 1 aromatic heterocycles. The Hall–Kier alpha value is -0.510. The third kappa shape index (κ3) is 2.58. The maximum atomic E-state index is 9.30. The van der Waals surface area contributed by atoms with E-state index in [0.717, 1.165) is 0 Å². The molecule has 6 heteroatoms. The number of nitrogens with zero attached hydrogens (tertiary/aromatic N) is 1. The van der Waals surface area contributed by atoms with Crippen molar-refractivity contribution in [3.05, 3.63) is 50.2 Å². The predicted octanol–water partition coefficient (Wildman–Crippen LogP) is 4.85. The van der Waals surface area contributed by atoms with Crippen molar-refractivity contribution in [2.45, 2.75) is 6.61 Å². The number of pyridine rings is 1. The Balaban J connectivity index is 2.76. The molecule has 0 radical (unpaired) electrons. The summed E-state index contributed by atoms with van der Waals surface area (Å²) < 4.78 is 0. The van der Waals surface area contributed by atoms with E-state index in [1.807, 2.05) is 0 Å². The quantitative estimate of drug-likeness (QED) is 0.801. The van der Waals surface area contributed by atoms with Crippen LogP contribution in [0.2, 0.25) is 20.1 Å². The summed E-state index contributed by atoms with van der Waals surface area (Å²) >= 11 is 24.1. The second-order valence-electron chi connectivity index (χ2n) is 3.52. The average Bonchev–Trinajstić information content (AvgIpc) is 2.35. The smallest absolute Gasteiger partial charge is 0.0859 e. The van der Waals surface area contributed by atoms with Crippen LogP contribution in [-0.2, 0) is 6.61 Å². The first kappa shape index (κ1) is 13.9. The Morgan fingerprint density at radius 3 is 2.39 bits per heavy atom. The summed E-state index contributed by atoms with van der Waals surface area (Å²) in [7, 11) is 0. The lowest BCUT2D eigenvalue weighted by Crippen LogP contribution is -1.95. The number of hydrogen-bond acceptors (Lipinski definition) is 2. The molecule has 1 aromatic carbocycles. The monoisotopic (exact) mass is 321 g/mol. The Morgan fingerprint density at radius 2 is 1.72 bits per heavy atom. The van der Waals surface area contributed by atoms with Crippen molar-refractivity contribution in [1.82, 2.24) is 4.98 Å². The third-order valence-electron chi connectivity index (χ3n) is 2.40. The maximum Gasteiger partial charge on any atom is 0.0859 e. The van der Waals surface area contributed by atoms with Gasteiger partial charge in [-0.3, -0.25) is 4.98 Å². The van der Waals surface area contributed by atoms with Crippen molar-refractivity contribution in [1.29, 1.82) is 0 Å². The van der Waals surface area contributed by atoms with Crippen molar-refractivity contribution >= 4 is 46.4 Å². The lowest BCUT2D eigenvalue weighted by Gasteiger charge is -2.12. The zero-order chi connectivity index (χ0) is 13.3. The molecular formula is C12H7Cl4NO. The second-order valence-corrected chi connectivity index (χ2v) is 5.15. The van der Waals surface area contributed by atoms with E-state index in [9.17, 15) is 5.11 Å². The van der Waals surface area contributed by atoms with Gasteiger partial charge in [0, 0.05) is 17.3 Å². The molecule has 2 aromatic rings. The van der Waals surface area contributed by atoms with E-state index in [0.29, 0.717) is 36.9 Å². The molecule has 1 N–H and O–H groups in total. The topological polar surface area (TPSA) is 33.1 Å². The molecule has 2 nitrogen and oxygen atoms in total. The van der Waals surface area contributed by atoms with Crippen LogP contribution in [0.4, 0.5) is 0 Å². The van der Waals surface area contributed by atoms with Gasteiger partial charge in [-0.1, -0.05) is 46.4 Å². The number of aliphatic hydroxyl groups excluding tert-OH is 1. The predicted molar refractivity (Wildman–Crippen MR) is 75.6 cm³/mol. The molecule has 1 heterocycles. The fourth-order valence-corrected chi connectivity index (χ4v) is 2.47. The molecule has 0 aliphatic rings. The second kappa shape index (κ2) is 5.64. The molecule has 0 saturated heterocycles. The largest absolute Gasteiger partial charge is 0.390 e. The zero-order valence-corrected chi connectivity index (χ0v) is 11.9. The first-order valence-corrected chi connectivity index (χ1v) is 6.45. The molecule has 0 atom stereocenters. The fraction of sp³-hybridized carbons (Fsp3) is 0.0833. The Morgan fingerprint density at radius 1 is 1.06 bits per heavy atom. The summed E-state index contributed by atoms with van der Waals surface area (Å²) in [6.45, 7) is -0.244. The molecule has 0 fully saturated rings. The SMILES string of the molecule is OCc1ncc(Cl)cc1-c1c(Cl)ccc(Cl)c1Cl. The zero-order valence-electron chi connectivity index (χ0n) is 8.92. The number of halogens is 4. The third-order valence-corrected chi connectivity index (χ3v) is 3.73. The lowest BCUT2D eigenvalue weighted by atomic mass is 10.0. The molecular weight excluding hydrogens is 316 g/mol. The van der Waals surface area contributed by atoms with Crippen molar-refractivity contribution in [3.63, 3.8) is 0 Å². The van der Waals surface area contributed by atoms with Gasteiger partial charge in [0.25, 0.3) is 0 Å². The minimum Gasteiger partial charge on any atom is -0.390 e.